The van der Waals surface area contributed by atoms with Gasteiger partial charge in [-0.1, -0.05) is 57.0 Å². The largest absolute Gasteiger partial charge is 0.465 e. The normalized spacial score (nSPS) is 10.1. The Balaban J connectivity index is 2.52. The van der Waals surface area contributed by atoms with E-state index in [9.17, 15) is 4.79 Å². The van der Waals surface area contributed by atoms with Crippen LogP contribution in [0.4, 0.5) is 0 Å². The molecule has 0 aliphatic heterocycles. The Morgan fingerprint density at radius 2 is 1.83 bits per heavy atom. The fraction of sp³-hybridized carbons (Fsp3) is 0.438. The lowest BCUT2D eigenvalue weighted by molar-refractivity contribution is -0.133. The average Bonchev–Trinajstić information content (AvgIpc) is 2.42. The lowest BCUT2D eigenvalue weighted by Gasteiger charge is -2.05. The van der Waals surface area contributed by atoms with E-state index in [4.69, 9.17) is 0 Å². The van der Waals surface area contributed by atoms with Gasteiger partial charge in [0.25, 0.3) is 0 Å². The number of hydrogen-bond acceptors (Lipinski definition) is 2. The second kappa shape index (κ2) is 7.70. The highest BCUT2D eigenvalue weighted by Crippen LogP contribution is 2.16. The van der Waals surface area contributed by atoms with Crippen molar-refractivity contribution >= 4 is 11.5 Å². The molecule has 1 aromatic carbocycles. The highest BCUT2D eigenvalue weighted by molar-refractivity contribution is 6.15. The predicted molar refractivity (Wildman–Crippen MR) is 75.3 cm³/mol. The Morgan fingerprint density at radius 1 is 1.17 bits per heavy atom. The van der Waals surface area contributed by atoms with Gasteiger partial charge in [-0.2, -0.15) is 0 Å². The Morgan fingerprint density at radius 3 is 2.39 bits per heavy atom. The Kier molecular flexibility index (Phi) is 6.20. The Labute approximate surface area is 110 Å². The van der Waals surface area contributed by atoms with Gasteiger partial charge < -0.3 is 4.74 Å². The van der Waals surface area contributed by atoms with Gasteiger partial charge in [-0.05, 0) is 24.0 Å². The first-order chi connectivity index (χ1) is 8.69. The number of benzene rings is 1. The van der Waals surface area contributed by atoms with E-state index >= 15 is 0 Å². The van der Waals surface area contributed by atoms with Crippen molar-refractivity contribution < 1.29 is 9.53 Å². The van der Waals surface area contributed by atoms with Crippen LogP contribution >= 0.6 is 0 Å². The van der Waals surface area contributed by atoms with E-state index in [1.807, 2.05) is 12.1 Å². The molecule has 1 aromatic rings. The van der Waals surface area contributed by atoms with E-state index in [0.717, 1.165) is 12.0 Å². The summed E-state index contributed by atoms with van der Waals surface area (Å²) in [5.74, 6) is -0.370. The molecule has 0 heterocycles. The number of ether oxygens (including phenoxy) is 1. The zero-order valence-corrected chi connectivity index (χ0v) is 11.4. The number of esters is 1. The number of carbonyl (C=O) groups is 1. The zero-order chi connectivity index (χ0) is 13.4. The van der Waals surface area contributed by atoms with Gasteiger partial charge in [0.15, 0.2) is 0 Å². The van der Waals surface area contributed by atoms with E-state index in [1.165, 1.54) is 38.4 Å². The summed E-state index contributed by atoms with van der Waals surface area (Å²) < 4.78 is 4.65. The molecule has 2 heteroatoms. The molecule has 0 fully saturated rings. The van der Waals surface area contributed by atoms with Crippen LogP contribution in [-0.2, 0) is 16.0 Å². The van der Waals surface area contributed by atoms with Crippen molar-refractivity contribution in [1.29, 1.82) is 0 Å². The first-order valence-electron chi connectivity index (χ1n) is 6.55. The number of aryl methyl sites for hydroxylation is 1. The van der Waals surface area contributed by atoms with Crippen molar-refractivity contribution in [1.82, 2.24) is 0 Å². The van der Waals surface area contributed by atoms with Crippen LogP contribution < -0.4 is 0 Å². The Hall–Kier alpha value is -1.57. The quantitative estimate of drug-likeness (QED) is 0.413. The van der Waals surface area contributed by atoms with E-state index in [1.54, 1.807) is 0 Å². The van der Waals surface area contributed by atoms with Crippen LogP contribution in [0.15, 0.2) is 30.8 Å². The summed E-state index contributed by atoms with van der Waals surface area (Å²) in [5.41, 5.74) is 2.56. The second-order valence-electron chi connectivity index (χ2n) is 4.48. The van der Waals surface area contributed by atoms with Gasteiger partial charge in [0.05, 0.1) is 12.7 Å². The van der Waals surface area contributed by atoms with Gasteiger partial charge in [0, 0.05) is 0 Å². The predicted octanol–water partition coefficient (Wildman–Crippen LogP) is 4.00. The molecule has 0 aliphatic rings. The Bertz CT molecular complexity index is 390. The van der Waals surface area contributed by atoms with E-state index in [2.05, 4.69) is 30.4 Å². The van der Waals surface area contributed by atoms with Crippen LogP contribution in [0.5, 0.6) is 0 Å². The van der Waals surface area contributed by atoms with Crippen molar-refractivity contribution in [2.45, 2.75) is 39.0 Å². The smallest absolute Gasteiger partial charge is 0.337 e. The minimum atomic E-state index is -0.370. The van der Waals surface area contributed by atoms with Crippen molar-refractivity contribution in [2.75, 3.05) is 7.11 Å². The number of hydrogen-bond donors (Lipinski definition) is 0. The van der Waals surface area contributed by atoms with Crippen molar-refractivity contribution in [2.24, 2.45) is 0 Å². The summed E-state index contributed by atoms with van der Waals surface area (Å²) in [7, 11) is 1.37. The SMILES string of the molecule is C=C(C(=O)OC)c1ccc(CCCCCC)cc1. The monoisotopic (exact) mass is 246 g/mol. The molecule has 0 aliphatic carbocycles. The summed E-state index contributed by atoms with van der Waals surface area (Å²) in [5, 5.41) is 0. The zero-order valence-electron chi connectivity index (χ0n) is 11.4. The summed E-state index contributed by atoms with van der Waals surface area (Å²) >= 11 is 0. The minimum absolute atomic E-state index is 0.370. The third kappa shape index (κ3) is 4.36. The highest BCUT2D eigenvalue weighted by Gasteiger charge is 2.08. The second-order valence-corrected chi connectivity index (χ2v) is 4.48. The van der Waals surface area contributed by atoms with E-state index in [0.29, 0.717) is 5.57 Å². The first kappa shape index (κ1) is 14.5. The van der Waals surface area contributed by atoms with Gasteiger partial charge in [0.2, 0.25) is 0 Å². The molecule has 98 valence electrons. The van der Waals surface area contributed by atoms with Gasteiger partial charge in [-0.25, -0.2) is 4.79 Å². The van der Waals surface area contributed by atoms with Crippen molar-refractivity contribution in [3.63, 3.8) is 0 Å². The molecule has 0 atom stereocenters. The maximum Gasteiger partial charge on any atom is 0.337 e. The van der Waals surface area contributed by atoms with Gasteiger partial charge >= 0.3 is 5.97 Å². The van der Waals surface area contributed by atoms with Crippen LogP contribution in [0.25, 0.3) is 5.57 Å². The molecule has 1 rings (SSSR count). The topological polar surface area (TPSA) is 26.3 Å². The number of methoxy groups -OCH3 is 1. The van der Waals surface area contributed by atoms with Crippen molar-refractivity contribution in [3.8, 4) is 0 Å². The molecule has 0 unspecified atom stereocenters. The van der Waals surface area contributed by atoms with Gasteiger partial charge in [0.1, 0.15) is 0 Å². The molecule has 0 radical (unpaired) electrons. The molecule has 0 spiro atoms. The maximum atomic E-state index is 11.3. The lowest BCUT2D eigenvalue weighted by Crippen LogP contribution is -2.02. The summed E-state index contributed by atoms with van der Waals surface area (Å²) in [6.07, 6.45) is 6.18. The molecule has 0 saturated carbocycles. The molecule has 18 heavy (non-hydrogen) atoms. The first-order valence-corrected chi connectivity index (χ1v) is 6.55. The fourth-order valence-electron chi connectivity index (χ4n) is 1.87. The number of carbonyl (C=O) groups excluding carboxylic acids is 1. The average molecular weight is 246 g/mol. The lowest BCUT2D eigenvalue weighted by atomic mass is 10.0. The summed E-state index contributed by atoms with van der Waals surface area (Å²) in [4.78, 5) is 11.3. The molecule has 0 amide bonds. The van der Waals surface area contributed by atoms with E-state index in [-0.39, 0.29) is 5.97 Å². The standard InChI is InChI=1S/C16H22O2/c1-4-5-6-7-8-14-9-11-15(12-10-14)13(2)16(17)18-3/h9-12H,2,4-8H2,1,3H3. The third-order valence-electron chi connectivity index (χ3n) is 3.05. The summed E-state index contributed by atoms with van der Waals surface area (Å²) in [6.45, 7) is 5.95. The molecular weight excluding hydrogens is 224 g/mol. The van der Waals surface area contributed by atoms with Crippen LogP contribution in [0.1, 0.15) is 43.7 Å². The maximum absolute atomic E-state index is 11.3. The summed E-state index contributed by atoms with van der Waals surface area (Å²) in [6, 6.07) is 8.01. The van der Waals surface area contributed by atoms with E-state index < -0.39 is 0 Å². The van der Waals surface area contributed by atoms with Gasteiger partial charge in [-0.3, -0.25) is 0 Å². The van der Waals surface area contributed by atoms with Crippen LogP contribution in [0, 0.1) is 0 Å². The van der Waals surface area contributed by atoms with Crippen molar-refractivity contribution in [3.05, 3.63) is 42.0 Å². The molecule has 2 nitrogen and oxygen atoms in total. The minimum Gasteiger partial charge on any atom is -0.465 e. The molecule has 0 saturated heterocycles. The number of unbranched alkanes of at least 4 members (excludes halogenated alkanes) is 3. The van der Waals surface area contributed by atoms with Crippen LogP contribution in [0.3, 0.4) is 0 Å². The molecular formula is C16H22O2. The molecule has 0 aromatic heterocycles. The third-order valence-corrected chi connectivity index (χ3v) is 3.05. The molecule has 0 N–H and O–H groups in total. The highest BCUT2D eigenvalue weighted by atomic mass is 16.5. The molecule has 0 bridgehead atoms. The number of rotatable bonds is 7. The van der Waals surface area contributed by atoms with Gasteiger partial charge in [-0.15, -0.1) is 0 Å². The van der Waals surface area contributed by atoms with Crippen LogP contribution in [0.2, 0.25) is 0 Å². The fourth-order valence-corrected chi connectivity index (χ4v) is 1.87. The van der Waals surface area contributed by atoms with Crippen LogP contribution in [-0.4, -0.2) is 13.1 Å².